The number of fused-ring (bicyclic) bond motifs is 3. The molecule has 2 aromatic rings. The van der Waals surface area contributed by atoms with Gasteiger partial charge in [-0.3, -0.25) is 9.59 Å². The van der Waals surface area contributed by atoms with Crippen molar-refractivity contribution < 1.29 is 22.7 Å². The van der Waals surface area contributed by atoms with Gasteiger partial charge in [0.2, 0.25) is 5.91 Å². The molecule has 2 aromatic carbocycles. The monoisotopic (exact) mass is 490 g/mol. The Balaban J connectivity index is 1.38. The second-order valence-electron chi connectivity index (χ2n) is 7.93. The third-order valence-electron chi connectivity index (χ3n) is 6.17. The first-order chi connectivity index (χ1) is 14.3. The number of hydrogen-bond acceptors (Lipinski definition) is 6. The number of esters is 1. The fraction of sp³-hybridized carbons (Fsp3) is 0.333. The SMILES string of the molecule is O=C(O[C@H]1CCS(=O)(=O)c2ccc(Br)cc21)[C@H]1C[C@]2(CN1)C(=O)Nc1ccccc12. The Morgan fingerprint density at radius 3 is 2.83 bits per heavy atom. The number of ether oxygens (including phenoxy) is 1. The van der Waals surface area contributed by atoms with Crippen LogP contribution in [0.2, 0.25) is 0 Å². The van der Waals surface area contributed by atoms with Crippen molar-refractivity contribution in [2.24, 2.45) is 0 Å². The van der Waals surface area contributed by atoms with E-state index in [2.05, 4.69) is 26.6 Å². The Labute approximate surface area is 182 Å². The number of anilines is 1. The molecule has 1 fully saturated rings. The van der Waals surface area contributed by atoms with Crippen LogP contribution < -0.4 is 10.6 Å². The van der Waals surface area contributed by atoms with Gasteiger partial charge in [-0.2, -0.15) is 0 Å². The molecule has 30 heavy (non-hydrogen) atoms. The van der Waals surface area contributed by atoms with Crippen molar-refractivity contribution in [2.45, 2.75) is 35.3 Å². The van der Waals surface area contributed by atoms with Gasteiger partial charge < -0.3 is 15.4 Å². The van der Waals surface area contributed by atoms with Crippen molar-refractivity contribution in [3.05, 3.63) is 58.1 Å². The fourth-order valence-corrected chi connectivity index (χ4v) is 6.58. The van der Waals surface area contributed by atoms with Gasteiger partial charge >= 0.3 is 5.97 Å². The number of carbonyl (C=O) groups is 2. The molecule has 9 heteroatoms. The highest BCUT2D eigenvalue weighted by atomic mass is 79.9. The lowest BCUT2D eigenvalue weighted by molar-refractivity contribution is -0.152. The molecule has 1 saturated heterocycles. The summed E-state index contributed by atoms with van der Waals surface area (Å²) in [6, 6.07) is 11.7. The summed E-state index contributed by atoms with van der Waals surface area (Å²) in [4.78, 5) is 25.9. The summed E-state index contributed by atoms with van der Waals surface area (Å²) in [6.07, 6.45) is -0.138. The molecule has 3 aliphatic heterocycles. The maximum absolute atomic E-state index is 13.0. The summed E-state index contributed by atoms with van der Waals surface area (Å²) >= 11 is 3.36. The molecule has 0 bridgehead atoms. The van der Waals surface area contributed by atoms with Gasteiger partial charge in [-0.15, -0.1) is 0 Å². The third kappa shape index (κ3) is 2.99. The van der Waals surface area contributed by atoms with Crippen LogP contribution >= 0.6 is 15.9 Å². The zero-order valence-electron chi connectivity index (χ0n) is 15.9. The van der Waals surface area contributed by atoms with Gasteiger partial charge in [0.05, 0.1) is 16.1 Å². The Morgan fingerprint density at radius 2 is 2.00 bits per heavy atom. The van der Waals surface area contributed by atoms with Crippen LogP contribution in [0.5, 0.6) is 0 Å². The Hall–Kier alpha value is -2.23. The van der Waals surface area contributed by atoms with E-state index in [1.807, 2.05) is 24.3 Å². The van der Waals surface area contributed by atoms with E-state index in [0.29, 0.717) is 18.5 Å². The maximum Gasteiger partial charge on any atom is 0.323 e. The van der Waals surface area contributed by atoms with Crippen LogP contribution in [0.1, 0.15) is 30.1 Å². The molecule has 5 rings (SSSR count). The van der Waals surface area contributed by atoms with Crippen molar-refractivity contribution >= 4 is 43.3 Å². The van der Waals surface area contributed by atoms with Gasteiger partial charge in [0.1, 0.15) is 12.1 Å². The van der Waals surface area contributed by atoms with E-state index in [9.17, 15) is 18.0 Å². The van der Waals surface area contributed by atoms with E-state index in [1.54, 1.807) is 12.1 Å². The van der Waals surface area contributed by atoms with Gasteiger partial charge in [0, 0.05) is 28.7 Å². The van der Waals surface area contributed by atoms with Gasteiger partial charge in [-0.1, -0.05) is 34.1 Å². The normalized spacial score (nSPS) is 28.6. The molecule has 7 nitrogen and oxygen atoms in total. The van der Waals surface area contributed by atoms with Crippen molar-refractivity contribution in [1.29, 1.82) is 0 Å². The summed E-state index contributed by atoms with van der Waals surface area (Å²) < 4.78 is 31.2. The molecule has 0 unspecified atom stereocenters. The van der Waals surface area contributed by atoms with Crippen LogP contribution in [-0.4, -0.2) is 38.6 Å². The quantitative estimate of drug-likeness (QED) is 0.627. The molecule has 1 spiro atoms. The molecule has 3 heterocycles. The molecular formula is C21H19BrN2O5S. The van der Waals surface area contributed by atoms with Gasteiger partial charge in [0.15, 0.2) is 9.84 Å². The first kappa shape index (κ1) is 19.7. The average molecular weight is 491 g/mol. The van der Waals surface area contributed by atoms with Crippen LogP contribution in [0.3, 0.4) is 0 Å². The first-order valence-electron chi connectivity index (χ1n) is 9.67. The van der Waals surface area contributed by atoms with Crippen LogP contribution in [0.4, 0.5) is 5.69 Å². The van der Waals surface area contributed by atoms with Gasteiger partial charge in [0.25, 0.3) is 0 Å². The number of para-hydroxylation sites is 1. The number of amides is 1. The highest BCUT2D eigenvalue weighted by molar-refractivity contribution is 9.10. The number of hydrogen-bond donors (Lipinski definition) is 2. The molecule has 0 saturated carbocycles. The molecule has 3 atom stereocenters. The topological polar surface area (TPSA) is 102 Å². The van der Waals surface area contributed by atoms with Crippen LogP contribution in [-0.2, 0) is 29.6 Å². The Morgan fingerprint density at radius 1 is 1.20 bits per heavy atom. The average Bonchev–Trinajstić information content (AvgIpc) is 3.27. The minimum Gasteiger partial charge on any atom is -0.456 e. The van der Waals surface area contributed by atoms with E-state index in [4.69, 9.17) is 4.74 Å². The number of halogens is 1. The lowest BCUT2D eigenvalue weighted by Gasteiger charge is -2.27. The first-order valence-corrected chi connectivity index (χ1v) is 12.1. The Bertz CT molecular complexity index is 1180. The molecule has 1 amide bonds. The van der Waals surface area contributed by atoms with Gasteiger partial charge in [-0.05, 0) is 36.2 Å². The smallest absolute Gasteiger partial charge is 0.323 e. The van der Waals surface area contributed by atoms with Gasteiger partial charge in [-0.25, -0.2) is 8.42 Å². The molecular weight excluding hydrogens is 472 g/mol. The van der Waals surface area contributed by atoms with Crippen molar-refractivity contribution in [3.8, 4) is 0 Å². The fourth-order valence-electron chi connectivity index (χ4n) is 4.64. The zero-order chi connectivity index (χ0) is 21.1. The lowest BCUT2D eigenvalue weighted by atomic mass is 9.79. The third-order valence-corrected chi connectivity index (χ3v) is 8.48. The maximum atomic E-state index is 13.0. The highest BCUT2D eigenvalue weighted by Crippen LogP contribution is 2.44. The van der Waals surface area contributed by atoms with E-state index in [0.717, 1.165) is 15.7 Å². The minimum absolute atomic E-state index is 0.0720. The Kier molecular flexibility index (Phi) is 4.53. The number of benzene rings is 2. The second kappa shape index (κ2) is 6.90. The summed E-state index contributed by atoms with van der Waals surface area (Å²) in [7, 11) is -3.39. The van der Waals surface area contributed by atoms with E-state index in [1.165, 1.54) is 6.07 Å². The largest absolute Gasteiger partial charge is 0.456 e. The zero-order valence-corrected chi connectivity index (χ0v) is 18.3. The predicted molar refractivity (Wildman–Crippen MR) is 113 cm³/mol. The van der Waals surface area contributed by atoms with Crippen LogP contribution in [0.15, 0.2) is 51.8 Å². The summed E-state index contributed by atoms with van der Waals surface area (Å²) in [6.45, 7) is 0.344. The molecule has 156 valence electrons. The van der Waals surface area contributed by atoms with Crippen molar-refractivity contribution in [2.75, 3.05) is 17.6 Å². The highest BCUT2D eigenvalue weighted by Gasteiger charge is 2.53. The van der Waals surface area contributed by atoms with Crippen LogP contribution in [0, 0.1) is 0 Å². The molecule has 3 aliphatic rings. The second-order valence-corrected chi connectivity index (χ2v) is 10.9. The lowest BCUT2D eigenvalue weighted by Crippen LogP contribution is -2.36. The van der Waals surface area contributed by atoms with E-state index in [-0.39, 0.29) is 23.0 Å². The van der Waals surface area contributed by atoms with E-state index < -0.39 is 33.4 Å². The summed E-state index contributed by atoms with van der Waals surface area (Å²) in [5, 5.41) is 6.04. The van der Waals surface area contributed by atoms with Crippen LogP contribution in [0.25, 0.3) is 0 Å². The van der Waals surface area contributed by atoms with Crippen molar-refractivity contribution in [1.82, 2.24) is 5.32 Å². The van der Waals surface area contributed by atoms with Crippen molar-refractivity contribution in [3.63, 3.8) is 0 Å². The molecule has 0 radical (unpaired) electrons. The number of nitrogens with one attached hydrogen (secondary N) is 2. The number of carbonyl (C=O) groups excluding carboxylic acids is 2. The molecule has 0 aromatic heterocycles. The predicted octanol–water partition coefficient (Wildman–Crippen LogP) is 2.46. The summed E-state index contributed by atoms with van der Waals surface area (Å²) in [5.41, 5.74) is 1.35. The number of sulfone groups is 1. The minimum atomic E-state index is -3.39. The molecule has 2 N–H and O–H groups in total. The number of rotatable bonds is 2. The van der Waals surface area contributed by atoms with E-state index >= 15 is 0 Å². The standard InChI is InChI=1S/C21H19BrN2O5S/c22-12-5-6-18-13(9-12)17(7-8-30(18,27)28)29-19(25)16-10-21(11-23-16)14-3-1-2-4-15(14)24-20(21)26/h1-6,9,16-17,23H,7-8,10-11H2,(H,24,26)/t16-,17+,21-/m1/s1. The molecule has 0 aliphatic carbocycles. The summed E-state index contributed by atoms with van der Waals surface area (Å²) in [5.74, 6) is -0.666.